The van der Waals surface area contributed by atoms with Gasteiger partial charge < -0.3 is 0 Å². The van der Waals surface area contributed by atoms with E-state index in [0.29, 0.717) is 6.10 Å². The molecule has 0 radical (unpaired) electrons. The third-order valence-electron chi connectivity index (χ3n) is 1.09. The second kappa shape index (κ2) is 5.78. The van der Waals surface area contributed by atoms with Crippen molar-refractivity contribution < 1.29 is 25.0 Å². The van der Waals surface area contributed by atoms with Crippen molar-refractivity contribution in [1.29, 1.82) is 0 Å². The van der Waals surface area contributed by atoms with E-state index in [1.807, 2.05) is 0 Å². The number of rotatable bonds is 4. The predicted octanol–water partition coefficient (Wildman–Crippen LogP) is -1.93. The van der Waals surface area contributed by atoms with Gasteiger partial charge in [0.25, 0.3) is 0 Å². The molecule has 0 fully saturated rings. The molecule has 8 heavy (non-hydrogen) atoms. The third-order valence-corrected chi connectivity index (χ3v) is 2.10. The molecule has 0 aromatic rings. The second-order valence-electron chi connectivity index (χ2n) is 1.62. The van der Waals surface area contributed by atoms with E-state index in [2.05, 4.69) is 13.8 Å². The van der Waals surface area contributed by atoms with Gasteiger partial charge in [-0.05, 0) is 0 Å². The van der Waals surface area contributed by atoms with E-state index in [9.17, 15) is 0 Å². The SMILES string of the molecule is CCC(CC)O[I-]N. The Labute approximate surface area is 61.9 Å². The summed E-state index contributed by atoms with van der Waals surface area (Å²) in [5.41, 5.74) is 0. The molecule has 2 nitrogen and oxygen atoms in total. The summed E-state index contributed by atoms with van der Waals surface area (Å²) < 4.78 is 10.5. The van der Waals surface area contributed by atoms with Crippen LogP contribution in [0.1, 0.15) is 26.7 Å². The van der Waals surface area contributed by atoms with Crippen LogP contribution in [-0.4, -0.2) is 6.10 Å². The molecule has 52 valence electrons. The standard InChI is InChI=1S/C5H13INO/c1-3-5(4-2)8-6-7/h5H,3-4,7H2,1-2H3/q-1. The Morgan fingerprint density at radius 1 is 1.50 bits per heavy atom. The summed E-state index contributed by atoms with van der Waals surface area (Å²) in [5, 5.41) is 0. The molecule has 3 heteroatoms. The summed E-state index contributed by atoms with van der Waals surface area (Å²) in [6, 6.07) is 0. The molecular weight excluding hydrogens is 217 g/mol. The molecule has 0 unspecified atom stereocenters. The van der Waals surface area contributed by atoms with Crippen LogP contribution >= 0.6 is 0 Å². The fraction of sp³-hybridized carbons (Fsp3) is 1.00. The molecule has 0 aliphatic rings. The van der Waals surface area contributed by atoms with Gasteiger partial charge in [0, 0.05) is 0 Å². The van der Waals surface area contributed by atoms with Crippen molar-refractivity contribution in [3.05, 3.63) is 0 Å². The van der Waals surface area contributed by atoms with Crippen molar-refractivity contribution in [2.45, 2.75) is 32.8 Å². The van der Waals surface area contributed by atoms with Crippen LogP contribution in [0, 0.1) is 0 Å². The van der Waals surface area contributed by atoms with Crippen molar-refractivity contribution in [2.24, 2.45) is 3.95 Å². The van der Waals surface area contributed by atoms with E-state index in [4.69, 9.17) is 7.01 Å². The van der Waals surface area contributed by atoms with E-state index in [0.717, 1.165) is 12.8 Å². The second-order valence-corrected chi connectivity index (χ2v) is 2.63. The van der Waals surface area contributed by atoms with Crippen LogP contribution in [0.15, 0.2) is 0 Å². The van der Waals surface area contributed by atoms with Crippen LogP contribution < -0.4 is 25.8 Å². The minimum atomic E-state index is -0.446. The molecule has 0 aliphatic heterocycles. The van der Waals surface area contributed by atoms with Gasteiger partial charge in [0.05, 0.1) is 0 Å². The van der Waals surface area contributed by atoms with Gasteiger partial charge >= 0.3 is 61.7 Å². The molecule has 2 N–H and O–H groups in total. The van der Waals surface area contributed by atoms with Gasteiger partial charge in [-0.1, -0.05) is 0 Å². The van der Waals surface area contributed by atoms with Gasteiger partial charge in [-0.15, -0.1) is 0 Å². The Morgan fingerprint density at radius 2 is 2.00 bits per heavy atom. The first-order valence-electron chi connectivity index (χ1n) is 2.84. The third kappa shape index (κ3) is 3.63. The summed E-state index contributed by atoms with van der Waals surface area (Å²) in [6.45, 7) is 4.24. The fourth-order valence-corrected chi connectivity index (χ4v) is 1.62. The quantitative estimate of drug-likeness (QED) is 0.451. The molecule has 0 atom stereocenters. The average molecular weight is 230 g/mol. The molecule has 0 saturated heterocycles. The van der Waals surface area contributed by atoms with Gasteiger partial charge in [-0.25, -0.2) is 0 Å². The van der Waals surface area contributed by atoms with Crippen LogP contribution in [0.25, 0.3) is 0 Å². The van der Waals surface area contributed by atoms with Crippen molar-refractivity contribution in [2.75, 3.05) is 0 Å². The van der Waals surface area contributed by atoms with Gasteiger partial charge in [-0.3, -0.25) is 0 Å². The zero-order valence-electron chi connectivity index (χ0n) is 5.36. The molecular formula is C5H13INO-. The van der Waals surface area contributed by atoms with E-state index >= 15 is 0 Å². The van der Waals surface area contributed by atoms with Crippen LogP contribution in [0.2, 0.25) is 0 Å². The monoisotopic (exact) mass is 230 g/mol. The summed E-state index contributed by atoms with van der Waals surface area (Å²) in [7, 11) is 0. The maximum atomic E-state index is 5.27. The van der Waals surface area contributed by atoms with E-state index < -0.39 is 21.9 Å². The molecule has 0 saturated carbocycles. The zero-order valence-corrected chi connectivity index (χ0v) is 7.51. The normalized spacial score (nSPS) is 11.0. The Hall–Kier alpha value is 0.650. The van der Waals surface area contributed by atoms with Gasteiger partial charge in [0.15, 0.2) is 0 Å². The van der Waals surface area contributed by atoms with Gasteiger partial charge in [-0.2, -0.15) is 0 Å². The summed E-state index contributed by atoms with van der Waals surface area (Å²) in [4.78, 5) is 0. The molecule has 0 aromatic heterocycles. The number of hydrogen-bond acceptors (Lipinski definition) is 2. The summed E-state index contributed by atoms with van der Waals surface area (Å²) in [5.74, 6) is 0. The topological polar surface area (TPSA) is 35.2 Å². The van der Waals surface area contributed by atoms with Crippen LogP contribution in [-0.2, 0) is 3.07 Å². The van der Waals surface area contributed by atoms with E-state index in [1.54, 1.807) is 0 Å². The molecule has 0 spiro atoms. The minimum absolute atomic E-state index is 0.424. The molecule has 0 rings (SSSR count). The van der Waals surface area contributed by atoms with Crippen molar-refractivity contribution in [1.82, 2.24) is 0 Å². The number of nitrogens with two attached hydrogens (primary N) is 1. The number of hydrogen-bond donors (Lipinski definition) is 1. The average Bonchev–Trinajstić information content (AvgIpc) is 1.83. The Kier molecular flexibility index (Phi) is 6.25. The zero-order chi connectivity index (χ0) is 6.41. The molecule has 0 bridgehead atoms. The first kappa shape index (κ1) is 8.65. The molecule has 0 aromatic carbocycles. The summed E-state index contributed by atoms with van der Waals surface area (Å²) >= 11 is -0.446. The van der Waals surface area contributed by atoms with E-state index in [-0.39, 0.29) is 0 Å². The van der Waals surface area contributed by atoms with Crippen molar-refractivity contribution in [3.63, 3.8) is 0 Å². The van der Waals surface area contributed by atoms with Crippen molar-refractivity contribution >= 4 is 0 Å². The molecule has 0 heterocycles. The van der Waals surface area contributed by atoms with Crippen molar-refractivity contribution in [3.8, 4) is 0 Å². The van der Waals surface area contributed by atoms with E-state index in [1.165, 1.54) is 0 Å². The molecule has 0 aliphatic carbocycles. The number of halogens is 1. The van der Waals surface area contributed by atoms with Crippen LogP contribution in [0.3, 0.4) is 0 Å². The van der Waals surface area contributed by atoms with Gasteiger partial charge in [0.2, 0.25) is 0 Å². The summed E-state index contributed by atoms with van der Waals surface area (Å²) in [6.07, 6.45) is 2.61. The van der Waals surface area contributed by atoms with Gasteiger partial charge in [0.1, 0.15) is 0 Å². The predicted molar refractivity (Wildman–Crippen MR) is 29.6 cm³/mol. The molecule has 0 amide bonds. The Morgan fingerprint density at radius 3 is 2.12 bits per heavy atom. The Balaban J connectivity index is 3.07. The first-order chi connectivity index (χ1) is 3.85. The fourth-order valence-electron chi connectivity index (χ4n) is 0.487. The maximum absolute atomic E-state index is 5.27. The Bertz CT molecular complexity index is 47.7. The first-order valence-corrected chi connectivity index (χ1v) is 4.97. The van der Waals surface area contributed by atoms with Crippen LogP contribution in [0.4, 0.5) is 0 Å². The van der Waals surface area contributed by atoms with Crippen LogP contribution in [0.5, 0.6) is 0 Å².